The fourth-order valence-electron chi connectivity index (χ4n) is 1.99. The van der Waals surface area contributed by atoms with Crippen LogP contribution in [0.5, 0.6) is 0 Å². The molecule has 0 aliphatic carbocycles. The van der Waals surface area contributed by atoms with Crippen molar-refractivity contribution in [2.75, 3.05) is 11.9 Å². The van der Waals surface area contributed by atoms with E-state index in [4.69, 9.17) is 0 Å². The highest BCUT2D eigenvalue weighted by Crippen LogP contribution is 2.31. The van der Waals surface area contributed by atoms with Crippen LogP contribution >= 0.6 is 11.3 Å². The van der Waals surface area contributed by atoms with Crippen molar-refractivity contribution in [1.82, 2.24) is 0 Å². The van der Waals surface area contributed by atoms with Gasteiger partial charge in [-0.3, -0.25) is 10.1 Å². The van der Waals surface area contributed by atoms with Crippen LogP contribution < -0.4 is 4.90 Å². The van der Waals surface area contributed by atoms with Crippen LogP contribution in [0.2, 0.25) is 0 Å². The maximum atomic E-state index is 11.2. The summed E-state index contributed by atoms with van der Waals surface area (Å²) >= 11 is 1.62. The molecule has 2 aromatic rings. The van der Waals surface area contributed by atoms with Gasteiger partial charge in [0.05, 0.1) is 17.6 Å². The Kier molecular flexibility index (Phi) is 4.36. The van der Waals surface area contributed by atoms with Crippen molar-refractivity contribution in [3.05, 3.63) is 56.3 Å². The molecule has 0 aliphatic rings. The predicted octanol–water partition coefficient (Wildman–Crippen LogP) is 3.35. The minimum atomic E-state index is -0.717. The summed E-state index contributed by atoms with van der Waals surface area (Å²) in [5.74, 6) is 0. The van der Waals surface area contributed by atoms with Gasteiger partial charge in [-0.25, -0.2) is 0 Å². The Balaban J connectivity index is 2.32. The van der Waals surface area contributed by atoms with Crippen molar-refractivity contribution in [3.8, 4) is 0 Å². The molecule has 1 aromatic heterocycles. The second kappa shape index (κ2) is 6.02. The molecular weight excluding hydrogens is 276 g/mol. The topological polar surface area (TPSA) is 66.6 Å². The number of hydrogen-bond acceptors (Lipinski definition) is 5. The van der Waals surface area contributed by atoms with Crippen molar-refractivity contribution in [2.24, 2.45) is 0 Å². The van der Waals surface area contributed by atoms with Crippen LogP contribution in [0.25, 0.3) is 0 Å². The van der Waals surface area contributed by atoms with Gasteiger partial charge in [0.25, 0.3) is 5.69 Å². The summed E-state index contributed by atoms with van der Waals surface area (Å²) in [6.45, 7) is 2.21. The average molecular weight is 292 g/mol. The lowest BCUT2D eigenvalue weighted by Gasteiger charge is -2.19. The minimum absolute atomic E-state index is 0.0162. The van der Waals surface area contributed by atoms with Gasteiger partial charge >= 0.3 is 0 Å². The Bertz CT molecular complexity index is 596. The lowest BCUT2D eigenvalue weighted by atomic mass is 10.1. The van der Waals surface area contributed by atoms with Crippen molar-refractivity contribution < 1.29 is 10.0 Å². The zero-order valence-corrected chi connectivity index (χ0v) is 12.1. The molecule has 0 radical (unpaired) electrons. The largest absolute Gasteiger partial charge is 0.389 e. The third kappa shape index (κ3) is 3.15. The van der Waals surface area contributed by atoms with Gasteiger partial charge < -0.3 is 10.0 Å². The van der Waals surface area contributed by atoms with E-state index in [9.17, 15) is 15.2 Å². The van der Waals surface area contributed by atoms with Crippen LogP contribution in [0, 0.1) is 10.1 Å². The van der Waals surface area contributed by atoms with Gasteiger partial charge in [-0.15, -0.1) is 11.3 Å². The monoisotopic (exact) mass is 292 g/mol. The number of thiophene rings is 1. The van der Waals surface area contributed by atoms with Gasteiger partial charge in [-0.2, -0.15) is 0 Å². The first kappa shape index (κ1) is 14.5. The van der Waals surface area contributed by atoms with Crippen LogP contribution in [-0.2, 0) is 6.54 Å². The van der Waals surface area contributed by atoms with Crippen LogP contribution in [0.4, 0.5) is 11.4 Å². The summed E-state index contributed by atoms with van der Waals surface area (Å²) in [5.41, 5.74) is 1.11. The van der Waals surface area contributed by atoms with Crippen molar-refractivity contribution in [3.63, 3.8) is 0 Å². The van der Waals surface area contributed by atoms with Gasteiger partial charge in [0.1, 0.15) is 5.69 Å². The first-order chi connectivity index (χ1) is 9.49. The quantitative estimate of drug-likeness (QED) is 0.678. The maximum absolute atomic E-state index is 11.2. The fraction of sp³-hybridized carbons (Fsp3) is 0.286. The number of hydrogen-bond donors (Lipinski definition) is 1. The second-order valence-corrected chi connectivity index (χ2v) is 5.65. The molecule has 0 unspecified atom stereocenters. The van der Waals surface area contributed by atoms with Crippen LogP contribution in [0.1, 0.15) is 23.5 Å². The summed E-state index contributed by atoms with van der Waals surface area (Å²) < 4.78 is 0. The smallest absolute Gasteiger partial charge is 0.292 e. The van der Waals surface area contributed by atoms with Crippen LogP contribution in [0.15, 0.2) is 35.7 Å². The van der Waals surface area contributed by atoms with Gasteiger partial charge in [0.2, 0.25) is 0 Å². The second-order valence-electron chi connectivity index (χ2n) is 4.62. The molecule has 0 amide bonds. The summed E-state index contributed by atoms with van der Waals surface area (Å²) in [6, 6.07) is 8.80. The fourth-order valence-corrected chi connectivity index (χ4v) is 2.75. The van der Waals surface area contributed by atoms with E-state index in [-0.39, 0.29) is 5.69 Å². The molecule has 1 aromatic carbocycles. The van der Waals surface area contributed by atoms with E-state index in [1.807, 2.05) is 29.5 Å². The Labute approximate surface area is 121 Å². The number of aliphatic hydroxyl groups excluding tert-OH is 1. The molecule has 1 N–H and O–H groups in total. The normalized spacial score (nSPS) is 12.2. The molecule has 0 fully saturated rings. The Morgan fingerprint density at radius 1 is 1.45 bits per heavy atom. The van der Waals surface area contributed by atoms with E-state index in [2.05, 4.69) is 0 Å². The molecule has 0 saturated heterocycles. The molecule has 0 bridgehead atoms. The lowest BCUT2D eigenvalue weighted by molar-refractivity contribution is -0.384. The molecule has 5 nitrogen and oxygen atoms in total. The third-order valence-corrected chi connectivity index (χ3v) is 3.92. The zero-order valence-electron chi connectivity index (χ0n) is 11.3. The highest BCUT2D eigenvalue weighted by molar-refractivity contribution is 7.09. The number of anilines is 1. The molecule has 1 heterocycles. The number of rotatable bonds is 5. The first-order valence-corrected chi connectivity index (χ1v) is 7.07. The van der Waals surface area contributed by atoms with Crippen molar-refractivity contribution >= 4 is 22.7 Å². The number of nitro groups is 1. The third-order valence-electron chi connectivity index (χ3n) is 3.06. The molecule has 20 heavy (non-hydrogen) atoms. The van der Waals surface area contributed by atoms with Crippen molar-refractivity contribution in [2.45, 2.75) is 19.6 Å². The highest BCUT2D eigenvalue weighted by atomic mass is 32.1. The average Bonchev–Trinajstić information content (AvgIpc) is 2.90. The molecular formula is C14H16N2O3S. The van der Waals surface area contributed by atoms with Gasteiger partial charge in [-0.05, 0) is 30.0 Å². The predicted molar refractivity (Wildman–Crippen MR) is 80.2 cm³/mol. The Hall–Kier alpha value is -1.92. The molecule has 6 heteroatoms. The van der Waals surface area contributed by atoms with Gasteiger partial charge in [0.15, 0.2) is 0 Å². The summed E-state index contributed by atoms with van der Waals surface area (Å²) in [7, 11) is 1.82. The van der Waals surface area contributed by atoms with Gasteiger partial charge in [-0.1, -0.05) is 12.1 Å². The van der Waals surface area contributed by atoms with Gasteiger partial charge in [0, 0.05) is 18.0 Å². The Morgan fingerprint density at radius 3 is 2.75 bits per heavy atom. The molecule has 0 spiro atoms. The summed E-state index contributed by atoms with van der Waals surface area (Å²) in [4.78, 5) is 13.8. The Morgan fingerprint density at radius 2 is 2.20 bits per heavy atom. The SMILES string of the molecule is C[C@H](O)c1ccc(N(C)Cc2cccs2)c([N+](=O)[O-])c1. The van der Waals surface area contributed by atoms with E-state index < -0.39 is 11.0 Å². The van der Waals surface area contributed by atoms with E-state index in [0.29, 0.717) is 17.8 Å². The summed E-state index contributed by atoms with van der Waals surface area (Å²) in [6.07, 6.45) is -0.717. The van der Waals surface area contributed by atoms with Crippen LogP contribution in [0.3, 0.4) is 0 Å². The highest BCUT2D eigenvalue weighted by Gasteiger charge is 2.19. The number of aliphatic hydroxyl groups is 1. The van der Waals surface area contributed by atoms with E-state index in [1.165, 1.54) is 6.07 Å². The molecule has 106 valence electrons. The van der Waals surface area contributed by atoms with Crippen molar-refractivity contribution in [1.29, 1.82) is 0 Å². The molecule has 2 rings (SSSR count). The van der Waals surface area contributed by atoms with E-state index >= 15 is 0 Å². The minimum Gasteiger partial charge on any atom is -0.389 e. The number of benzene rings is 1. The number of nitrogens with zero attached hydrogens (tertiary/aromatic N) is 2. The van der Waals surface area contributed by atoms with E-state index in [1.54, 1.807) is 30.4 Å². The summed E-state index contributed by atoms with van der Waals surface area (Å²) in [5, 5.41) is 22.7. The number of nitro benzene ring substituents is 1. The molecule has 1 atom stereocenters. The maximum Gasteiger partial charge on any atom is 0.292 e. The standard InChI is InChI=1S/C14H16N2O3S/c1-10(17)11-5-6-13(14(8-11)16(18)19)15(2)9-12-4-3-7-20-12/h3-8,10,17H,9H2,1-2H3/t10-/m0/s1. The molecule has 0 saturated carbocycles. The lowest BCUT2D eigenvalue weighted by Crippen LogP contribution is -2.17. The zero-order chi connectivity index (χ0) is 14.7. The molecule has 0 aliphatic heterocycles. The van der Waals surface area contributed by atoms with Crippen LogP contribution in [-0.4, -0.2) is 17.1 Å². The first-order valence-electron chi connectivity index (χ1n) is 6.19. The van der Waals surface area contributed by atoms with E-state index in [0.717, 1.165) is 4.88 Å².